The highest BCUT2D eigenvalue weighted by atomic mass is 16.7. The minimum atomic E-state index is -1.02. The topological polar surface area (TPSA) is 95.5 Å². The van der Waals surface area contributed by atoms with Gasteiger partial charge in [-0.15, -0.1) is 0 Å². The Labute approximate surface area is 187 Å². The number of hydrogen-bond acceptors (Lipinski definition) is 7. The number of benzene rings is 2. The van der Waals surface area contributed by atoms with E-state index in [9.17, 15) is 9.90 Å². The van der Waals surface area contributed by atoms with E-state index in [1.54, 1.807) is 7.11 Å². The number of fused-ring (bicyclic) bond motifs is 1. The average Bonchev–Trinajstić information content (AvgIpc) is 2.82. The van der Waals surface area contributed by atoms with Crippen molar-refractivity contribution in [1.29, 1.82) is 0 Å². The summed E-state index contributed by atoms with van der Waals surface area (Å²) in [6, 6.07) is 16.5. The van der Waals surface area contributed by atoms with E-state index in [2.05, 4.69) is 5.32 Å². The van der Waals surface area contributed by atoms with Crippen molar-refractivity contribution in [2.45, 2.75) is 50.3 Å². The molecule has 4 rings (SSSR count). The molecule has 8 heteroatoms. The second-order valence-electron chi connectivity index (χ2n) is 7.91. The summed E-state index contributed by atoms with van der Waals surface area (Å²) in [6.45, 7) is 2.00. The molecule has 2 aromatic carbocycles. The number of hydrogen-bond donors (Lipinski definition) is 2. The number of carbonyl (C=O) groups is 1. The molecule has 2 saturated heterocycles. The molecule has 32 heavy (non-hydrogen) atoms. The van der Waals surface area contributed by atoms with Crippen LogP contribution >= 0.6 is 0 Å². The van der Waals surface area contributed by atoms with E-state index in [0.29, 0.717) is 13.0 Å². The highest BCUT2D eigenvalue weighted by Gasteiger charge is 2.50. The molecule has 0 aromatic heterocycles. The van der Waals surface area contributed by atoms with Crippen LogP contribution in [0.4, 0.5) is 0 Å². The molecule has 0 aliphatic carbocycles. The predicted octanol–water partition coefficient (Wildman–Crippen LogP) is 1.96. The van der Waals surface area contributed by atoms with Gasteiger partial charge in [-0.3, -0.25) is 4.79 Å². The largest absolute Gasteiger partial charge is 0.497 e. The molecule has 2 aliphatic heterocycles. The fraction of sp³-hybridized carbons (Fsp3) is 0.458. The van der Waals surface area contributed by atoms with E-state index >= 15 is 0 Å². The van der Waals surface area contributed by atoms with Crippen LogP contribution in [0.25, 0.3) is 0 Å². The van der Waals surface area contributed by atoms with Crippen molar-refractivity contribution in [2.24, 2.45) is 0 Å². The van der Waals surface area contributed by atoms with Gasteiger partial charge in [-0.2, -0.15) is 0 Å². The molecular weight excluding hydrogens is 414 g/mol. The lowest BCUT2D eigenvalue weighted by Crippen LogP contribution is -2.66. The van der Waals surface area contributed by atoms with Gasteiger partial charge in [0.05, 0.1) is 20.3 Å². The highest BCUT2D eigenvalue weighted by molar-refractivity contribution is 5.73. The molecule has 6 unspecified atom stereocenters. The minimum Gasteiger partial charge on any atom is -0.497 e. The molecule has 0 saturated carbocycles. The minimum absolute atomic E-state index is 0.226. The Kier molecular flexibility index (Phi) is 7.39. The average molecular weight is 443 g/mol. The second-order valence-corrected chi connectivity index (χ2v) is 7.91. The van der Waals surface area contributed by atoms with Crippen molar-refractivity contribution >= 4 is 5.91 Å². The summed E-state index contributed by atoms with van der Waals surface area (Å²) in [5, 5.41) is 13.8. The summed E-state index contributed by atoms with van der Waals surface area (Å²) in [5.74, 6) is 0.441. The first-order valence-electron chi connectivity index (χ1n) is 10.7. The van der Waals surface area contributed by atoms with Crippen molar-refractivity contribution in [2.75, 3.05) is 20.3 Å². The molecule has 0 bridgehead atoms. The van der Waals surface area contributed by atoms with Crippen molar-refractivity contribution in [1.82, 2.24) is 5.32 Å². The highest BCUT2D eigenvalue weighted by Crippen LogP contribution is 2.35. The van der Waals surface area contributed by atoms with E-state index in [-0.39, 0.29) is 12.5 Å². The van der Waals surface area contributed by atoms with E-state index in [1.807, 2.05) is 54.6 Å². The first-order chi connectivity index (χ1) is 15.5. The maximum atomic E-state index is 11.8. The molecule has 6 atom stereocenters. The van der Waals surface area contributed by atoms with Gasteiger partial charge in [0.2, 0.25) is 5.91 Å². The van der Waals surface area contributed by atoms with Gasteiger partial charge < -0.3 is 34.1 Å². The number of ether oxygens (including phenoxy) is 5. The Morgan fingerprint density at radius 3 is 2.56 bits per heavy atom. The lowest BCUT2D eigenvalue weighted by Gasteiger charge is -2.47. The van der Waals surface area contributed by atoms with E-state index < -0.39 is 36.9 Å². The molecule has 2 heterocycles. The molecular formula is C24H29NO7. The van der Waals surface area contributed by atoms with Crippen molar-refractivity contribution < 1.29 is 33.6 Å². The fourth-order valence-electron chi connectivity index (χ4n) is 3.99. The monoisotopic (exact) mass is 443 g/mol. The number of aliphatic hydroxyl groups excluding tert-OH is 1. The summed E-state index contributed by atoms with van der Waals surface area (Å²) < 4.78 is 29.1. The van der Waals surface area contributed by atoms with Crippen LogP contribution in [-0.2, 0) is 30.2 Å². The Hall–Kier alpha value is -2.49. The Morgan fingerprint density at radius 2 is 1.88 bits per heavy atom. The zero-order valence-corrected chi connectivity index (χ0v) is 18.2. The Bertz CT molecular complexity index is 876. The third-order valence-corrected chi connectivity index (χ3v) is 5.64. The first-order valence-corrected chi connectivity index (χ1v) is 10.7. The van der Waals surface area contributed by atoms with Crippen LogP contribution < -0.4 is 10.1 Å². The maximum Gasteiger partial charge on any atom is 0.217 e. The van der Waals surface area contributed by atoms with E-state index in [1.165, 1.54) is 6.92 Å². The number of nitrogens with one attached hydrogen (secondary N) is 1. The SMILES string of the molecule is COc1ccc(C2OCC3OC(OCCc4ccccc4)C(NC(C)=O)C(O)C3O2)cc1. The summed E-state index contributed by atoms with van der Waals surface area (Å²) in [7, 11) is 1.60. The maximum absolute atomic E-state index is 11.8. The van der Waals surface area contributed by atoms with Gasteiger partial charge in [0.15, 0.2) is 12.6 Å². The van der Waals surface area contributed by atoms with Crippen molar-refractivity contribution in [3.63, 3.8) is 0 Å². The lowest BCUT2D eigenvalue weighted by molar-refractivity contribution is -0.344. The quantitative estimate of drug-likeness (QED) is 0.675. The number of carbonyl (C=O) groups excluding carboxylic acids is 1. The Balaban J connectivity index is 1.42. The molecule has 2 aliphatic rings. The molecule has 2 fully saturated rings. The number of methoxy groups -OCH3 is 1. The van der Waals surface area contributed by atoms with Gasteiger partial charge in [-0.25, -0.2) is 0 Å². The van der Waals surface area contributed by atoms with Gasteiger partial charge in [-0.05, 0) is 24.1 Å². The van der Waals surface area contributed by atoms with E-state index in [0.717, 1.165) is 16.9 Å². The molecule has 2 aromatic rings. The summed E-state index contributed by atoms with van der Waals surface area (Å²) in [5.41, 5.74) is 1.93. The molecule has 0 spiro atoms. The molecule has 2 N–H and O–H groups in total. The summed E-state index contributed by atoms with van der Waals surface area (Å²) >= 11 is 0. The normalized spacial score (nSPS) is 29.7. The zero-order valence-electron chi connectivity index (χ0n) is 18.2. The van der Waals surface area contributed by atoms with Crippen LogP contribution in [0, 0.1) is 0 Å². The van der Waals surface area contributed by atoms with Gasteiger partial charge in [0.1, 0.15) is 30.1 Å². The third-order valence-electron chi connectivity index (χ3n) is 5.64. The number of rotatable bonds is 7. The van der Waals surface area contributed by atoms with Gasteiger partial charge in [0.25, 0.3) is 0 Å². The predicted molar refractivity (Wildman–Crippen MR) is 115 cm³/mol. The third kappa shape index (κ3) is 5.28. The van der Waals surface area contributed by atoms with Gasteiger partial charge >= 0.3 is 0 Å². The smallest absolute Gasteiger partial charge is 0.217 e. The van der Waals surface area contributed by atoms with Crippen molar-refractivity contribution in [3.05, 3.63) is 65.7 Å². The molecule has 8 nitrogen and oxygen atoms in total. The molecule has 172 valence electrons. The summed E-state index contributed by atoms with van der Waals surface area (Å²) in [6.07, 6.45) is -3.01. The van der Waals surface area contributed by atoms with Crippen LogP contribution in [0.1, 0.15) is 24.3 Å². The lowest BCUT2D eigenvalue weighted by atomic mass is 9.95. The van der Waals surface area contributed by atoms with Crippen LogP contribution in [0.3, 0.4) is 0 Å². The van der Waals surface area contributed by atoms with E-state index in [4.69, 9.17) is 23.7 Å². The van der Waals surface area contributed by atoms with Gasteiger partial charge in [-0.1, -0.05) is 42.5 Å². The number of amides is 1. The molecule has 0 radical (unpaired) electrons. The van der Waals surface area contributed by atoms with Crippen LogP contribution in [-0.4, -0.2) is 62.0 Å². The van der Waals surface area contributed by atoms with Crippen LogP contribution in [0.5, 0.6) is 5.75 Å². The molecule has 1 amide bonds. The first kappa shape index (κ1) is 22.7. The summed E-state index contributed by atoms with van der Waals surface area (Å²) in [4.78, 5) is 11.8. The second kappa shape index (κ2) is 10.4. The van der Waals surface area contributed by atoms with Gasteiger partial charge in [0, 0.05) is 12.5 Å². The van der Waals surface area contributed by atoms with Crippen LogP contribution in [0.15, 0.2) is 54.6 Å². The Morgan fingerprint density at radius 1 is 1.12 bits per heavy atom. The zero-order chi connectivity index (χ0) is 22.5. The standard InChI is InChI=1S/C24H29NO7/c1-15(26)25-20-21(27)22-19(31-24(20)29-13-12-16-6-4-3-5-7-16)14-30-23(32-22)17-8-10-18(28-2)11-9-17/h3-11,19-24,27H,12-14H2,1-2H3,(H,25,26). The number of aliphatic hydroxyl groups is 1. The van der Waals surface area contributed by atoms with Crippen molar-refractivity contribution in [3.8, 4) is 5.75 Å². The van der Waals surface area contributed by atoms with Crippen LogP contribution in [0.2, 0.25) is 0 Å². The fourth-order valence-corrected chi connectivity index (χ4v) is 3.99.